The van der Waals surface area contributed by atoms with Gasteiger partial charge in [-0.3, -0.25) is 0 Å². The summed E-state index contributed by atoms with van der Waals surface area (Å²) in [6.45, 7) is 3.91. The summed E-state index contributed by atoms with van der Waals surface area (Å²) in [5.41, 5.74) is 8.14. The van der Waals surface area contributed by atoms with E-state index < -0.39 is 0 Å². The first-order valence-electron chi connectivity index (χ1n) is 5.66. The van der Waals surface area contributed by atoms with Gasteiger partial charge < -0.3 is 5.73 Å². The Morgan fingerprint density at radius 3 is 2.29 bits per heavy atom. The first-order valence-corrected chi connectivity index (χ1v) is 5.66. The van der Waals surface area contributed by atoms with Gasteiger partial charge in [0.2, 0.25) is 5.95 Å². The highest BCUT2D eigenvalue weighted by Gasteiger charge is 2.02. The second kappa shape index (κ2) is 4.91. The van der Waals surface area contributed by atoms with Crippen molar-refractivity contribution < 1.29 is 0 Å². The number of nitrogens with zero attached hydrogens (tertiary/aromatic N) is 3. The molecule has 0 unspecified atom stereocenters. The molecule has 2 aromatic rings. The number of aromatic nitrogens is 3. The fourth-order valence-corrected chi connectivity index (χ4v) is 1.68. The van der Waals surface area contributed by atoms with Gasteiger partial charge in [0.05, 0.1) is 0 Å². The Morgan fingerprint density at radius 1 is 0.941 bits per heavy atom. The van der Waals surface area contributed by atoms with Crippen LogP contribution in [0.15, 0.2) is 24.3 Å². The van der Waals surface area contributed by atoms with Crippen molar-refractivity contribution in [2.75, 3.05) is 5.73 Å². The van der Waals surface area contributed by atoms with E-state index in [0.29, 0.717) is 11.8 Å². The molecule has 2 N–H and O–H groups in total. The number of rotatable bonds is 3. The molecule has 88 valence electrons. The van der Waals surface area contributed by atoms with Crippen molar-refractivity contribution in [3.8, 4) is 0 Å². The third-order valence-electron chi connectivity index (χ3n) is 2.57. The number of aryl methyl sites for hydroxylation is 4. The van der Waals surface area contributed by atoms with Gasteiger partial charge >= 0.3 is 0 Å². The molecule has 0 saturated carbocycles. The van der Waals surface area contributed by atoms with Gasteiger partial charge in [-0.15, -0.1) is 0 Å². The normalized spacial score (nSPS) is 10.5. The van der Waals surface area contributed by atoms with Crippen LogP contribution < -0.4 is 5.73 Å². The van der Waals surface area contributed by atoms with Crippen LogP contribution >= 0.6 is 0 Å². The molecule has 0 aliphatic carbocycles. The van der Waals surface area contributed by atoms with E-state index in [1.807, 2.05) is 6.92 Å². The molecule has 0 atom stereocenters. The van der Waals surface area contributed by atoms with E-state index in [9.17, 15) is 0 Å². The van der Waals surface area contributed by atoms with Crippen molar-refractivity contribution in [2.45, 2.75) is 26.7 Å². The molecule has 0 spiro atoms. The molecule has 0 radical (unpaired) electrons. The molecule has 1 aromatic carbocycles. The largest absolute Gasteiger partial charge is 0.368 e. The third-order valence-corrected chi connectivity index (χ3v) is 2.57. The van der Waals surface area contributed by atoms with Crippen molar-refractivity contribution in [1.29, 1.82) is 0 Å². The van der Waals surface area contributed by atoms with Crippen molar-refractivity contribution >= 4 is 5.95 Å². The second-order valence-electron chi connectivity index (χ2n) is 4.14. The van der Waals surface area contributed by atoms with E-state index in [2.05, 4.69) is 46.1 Å². The monoisotopic (exact) mass is 228 g/mol. The number of anilines is 1. The lowest BCUT2D eigenvalue weighted by molar-refractivity contribution is 0.822. The van der Waals surface area contributed by atoms with Crippen LogP contribution in [0.3, 0.4) is 0 Å². The highest BCUT2D eigenvalue weighted by atomic mass is 15.1. The van der Waals surface area contributed by atoms with E-state index in [0.717, 1.165) is 18.7 Å². The molecule has 4 heteroatoms. The number of benzene rings is 1. The molecule has 17 heavy (non-hydrogen) atoms. The molecule has 0 amide bonds. The molecule has 4 nitrogen and oxygen atoms in total. The average Bonchev–Trinajstić information content (AvgIpc) is 2.27. The molecule has 2 rings (SSSR count). The Bertz CT molecular complexity index is 485. The first kappa shape index (κ1) is 11.5. The Hall–Kier alpha value is -1.97. The van der Waals surface area contributed by atoms with Crippen LogP contribution in [0.5, 0.6) is 0 Å². The average molecular weight is 228 g/mol. The maximum atomic E-state index is 5.59. The lowest BCUT2D eigenvalue weighted by Crippen LogP contribution is -2.06. The number of hydrogen-bond acceptors (Lipinski definition) is 4. The first-order chi connectivity index (χ1) is 8.13. The van der Waals surface area contributed by atoms with Crippen molar-refractivity contribution in [3.63, 3.8) is 0 Å². The predicted molar refractivity (Wildman–Crippen MR) is 67.6 cm³/mol. The fraction of sp³-hybridized carbons (Fsp3) is 0.308. The molecule has 0 aliphatic rings. The molecular weight excluding hydrogens is 212 g/mol. The van der Waals surface area contributed by atoms with Crippen LogP contribution in [0.4, 0.5) is 5.95 Å². The van der Waals surface area contributed by atoms with E-state index >= 15 is 0 Å². The van der Waals surface area contributed by atoms with Crippen LogP contribution in [0.1, 0.15) is 22.8 Å². The quantitative estimate of drug-likeness (QED) is 0.870. The van der Waals surface area contributed by atoms with Gasteiger partial charge in [-0.2, -0.15) is 9.97 Å². The summed E-state index contributed by atoms with van der Waals surface area (Å²) in [5, 5.41) is 0. The molecule has 1 aromatic heterocycles. The van der Waals surface area contributed by atoms with Crippen molar-refractivity contribution in [2.24, 2.45) is 0 Å². The SMILES string of the molecule is Cc1ccc(CCc2nc(C)nc(N)n2)cc1. The zero-order chi connectivity index (χ0) is 12.3. The third kappa shape index (κ3) is 3.24. The predicted octanol–water partition coefficient (Wildman–Crippen LogP) is 1.86. The Kier molecular flexibility index (Phi) is 3.32. The molecular formula is C13H16N4. The van der Waals surface area contributed by atoms with Gasteiger partial charge in [0.1, 0.15) is 11.6 Å². The molecule has 0 bridgehead atoms. The lowest BCUT2D eigenvalue weighted by Gasteiger charge is -2.03. The molecule has 0 saturated heterocycles. The van der Waals surface area contributed by atoms with Gasteiger partial charge in [-0.05, 0) is 25.8 Å². The molecule has 0 aliphatic heterocycles. The van der Waals surface area contributed by atoms with Gasteiger partial charge in [0.25, 0.3) is 0 Å². The summed E-state index contributed by atoms with van der Waals surface area (Å²) in [5.74, 6) is 1.74. The summed E-state index contributed by atoms with van der Waals surface area (Å²) >= 11 is 0. The topological polar surface area (TPSA) is 64.7 Å². The summed E-state index contributed by atoms with van der Waals surface area (Å²) in [6, 6.07) is 8.49. The van der Waals surface area contributed by atoms with Crippen LogP contribution in [0.25, 0.3) is 0 Å². The standard InChI is InChI=1S/C13H16N4/c1-9-3-5-11(6-4-9)7-8-12-15-10(2)16-13(14)17-12/h3-6H,7-8H2,1-2H3,(H2,14,15,16,17). The second-order valence-corrected chi connectivity index (χ2v) is 4.14. The molecule has 1 heterocycles. The minimum absolute atomic E-state index is 0.302. The molecule has 0 fully saturated rings. The minimum Gasteiger partial charge on any atom is -0.368 e. The van der Waals surface area contributed by atoms with Crippen molar-refractivity contribution in [3.05, 3.63) is 47.0 Å². The Morgan fingerprint density at radius 2 is 1.65 bits per heavy atom. The Labute approximate surface area is 101 Å². The van der Waals surface area contributed by atoms with Crippen LogP contribution in [0.2, 0.25) is 0 Å². The maximum Gasteiger partial charge on any atom is 0.223 e. The number of nitrogen functional groups attached to an aromatic ring is 1. The van der Waals surface area contributed by atoms with E-state index in [-0.39, 0.29) is 0 Å². The zero-order valence-electron chi connectivity index (χ0n) is 10.1. The smallest absolute Gasteiger partial charge is 0.223 e. The highest BCUT2D eigenvalue weighted by molar-refractivity contribution is 5.22. The van der Waals surface area contributed by atoms with Crippen LogP contribution in [-0.2, 0) is 12.8 Å². The summed E-state index contributed by atoms with van der Waals surface area (Å²) in [6.07, 6.45) is 1.71. The van der Waals surface area contributed by atoms with Gasteiger partial charge in [-0.25, -0.2) is 4.98 Å². The minimum atomic E-state index is 0.302. The van der Waals surface area contributed by atoms with Crippen molar-refractivity contribution in [1.82, 2.24) is 15.0 Å². The Balaban J connectivity index is 2.04. The summed E-state index contributed by atoms with van der Waals surface area (Å²) in [4.78, 5) is 12.3. The number of nitrogens with two attached hydrogens (primary N) is 1. The number of hydrogen-bond donors (Lipinski definition) is 1. The van der Waals surface area contributed by atoms with Crippen LogP contribution in [-0.4, -0.2) is 15.0 Å². The highest BCUT2D eigenvalue weighted by Crippen LogP contribution is 2.07. The maximum absolute atomic E-state index is 5.59. The summed E-state index contributed by atoms with van der Waals surface area (Å²) < 4.78 is 0. The summed E-state index contributed by atoms with van der Waals surface area (Å²) in [7, 11) is 0. The van der Waals surface area contributed by atoms with E-state index in [4.69, 9.17) is 5.73 Å². The zero-order valence-corrected chi connectivity index (χ0v) is 10.1. The van der Waals surface area contributed by atoms with E-state index in [1.54, 1.807) is 0 Å². The van der Waals surface area contributed by atoms with Crippen LogP contribution in [0, 0.1) is 13.8 Å². The lowest BCUT2D eigenvalue weighted by atomic mass is 10.1. The fourth-order valence-electron chi connectivity index (χ4n) is 1.68. The van der Waals surface area contributed by atoms with Gasteiger partial charge in [0, 0.05) is 6.42 Å². The van der Waals surface area contributed by atoms with E-state index in [1.165, 1.54) is 11.1 Å². The van der Waals surface area contributed by atoms with Gasteiger partial charge in [-0.1, -0.05) is 29.8 Å². The van der Waals surface area contributed by atoms with Gasteiger partial charge in [0.15, 0.2) is 0 Å².